The third kappa shape index (κ3) is 2.72. The largest absolute Gasteiger partial charge is 0.495 e. The standard InChI is InChI=1S/C15H20N4O3S/c1-11-6-7-13(22-3)14(9-11)23(20,21)19-8-4-5-12(19)15-17-16-10-18(15)2/h6-7,9-10,12H,4-5,8H2,1-3H3. The van der Waals surface area contributed by atoms with E-state index in [1.807, 2.05) is 20.0 Å². The van der Waals surface area contributed by atoms with E-state index in [1.165, 1.54) is 11.4 Å². The van der Waals surface area contributed by atoms with Gasteiger partial charge < -0.3 is 9.30 Å². The summed E-state index contributed by atoms with van der Waals surface area (Å²) < 4.78 is 34.9. The van der Waals surface area contributed by atoms with E-state index in [4.69, 9.17) is 4.74 Å². The second-order valence-corrected chi connectivity index (χ2v) is 7.59. The maximum Gasteiger partial charge on any atom is 0.247 e. The molecule has 7 nitrogen and oxygen atoms in total. The molecular weight excluding hydrogens is 316 g/mol. The number of ether oxygens (including phenoxy) is 1. The molecule has 3 rings (SSSR count). The van der Waals surface area contributed by atoms with Gasteiger partial charge >= 0.3 is 0 Å². The molecule has 1 aromatic heterocycles. The summed E-state index contributed by atoms with van der Waals surface area (Å²) in [6.45, 7) is 2.33. The Morgan fingerprint density at radius 1 is 1.35 bits per heavy atom. The lowest BCUT2D eigenvalue weighted by atomic mass is 10.2. The highest BCUT2D eigenvalue weighted by Crippen LogP contribution is 2.38. The zero-order valence-electron chi connectivity index (χ0n) is 13.4. The van der Waals surface area contributed by atoms with E-state index in [0.717, 1.165) is 18.4 Å². The lowest BCUT2D eigenvalue weighted by Gasteiger charge is -2.24. The van der Waals surface area contributed by atoms with Gasteiger partial charge in [0, 0.05) is 13.6 Å². The SMILES string of the molecule is COc1ccc(C)cc1S(=O)(=O)N1CCCC1c1nncn1C. The Balaban J connectivity index is 2.06. The lowest BCUT2D eigenvalue weighted by Crippen LogP contribution is -2.32. The van der Waals surface area contributed by atoms with Crippen molar-refractivity contribution in [2.45, 2.75) is 30.7 Å². The van der Waals surface area contributed by atoms with Gasteiger partial charge in [0.2, 0.25) is 10.0 Å². The molecule has 23 heavy (non-hydrogen) atoms. The number of methoxy groups -OCH3 is 1. The van der Waals surface area contributed by atoms with Gasteiger partial charge in [-0.3, -0.25) is 0 Å². The topological polar surface area (TPSA) is 77.3 Å². The summed E-state index contributed by atoms with van der Waals surface area (Å²) >= 11 is 0. The predicted octanol–water partition coefficient (Wildman–Crippen LogP) is 1.66. The number of hydrogen-bond acceptors (Lipinski definition) is 5. The van der Waals surface area contributed by atoms with Crippen LogP contribution in [0, 0.1) is 6.92 Å². The van der Waals surface area contributed by atoms with Gasteiger partial charge in [-0.05, 0) is 37.5 Å². The van der Waals surface area contributed by atoms with Gasteiger partial charge in [0.05, 0.1) is 13.2 Å². The maximum atomic E-state index is 13.2. The maximum absolute atomic E-state index is 13.2. The monoisotopic (exact) mass is 336 g/mol. The van der Waals surface area contributed by atoms with Crippen LogP contribution < -0.4 is 4.74 Å². The van der Waals surface area contributed by atoms with Crippen LogP contribution in [0.25, 0.3) is 0 Å². The molecular formula is C15H20N4O3S. The van der Waals surface area contributed by atoms with E-state index in [0.29, 0.717) is 18.1 Å². The summed E-state index contributed by atoms with van der Waals surface area (Å²) in [5, 5.41) is 7.96. The smallest absolute Gasteiger partial charge is 0.247 e. The van der Waals surface area contributed by atoms with E-state index in [9.17, 15) is 8.42 Å². The van der Waals surface area contributed by atoms with Crippen LogP contribution in [0.2, 0.25) is 0 Å². The van der Waals surface area contributed by atoms with Crippen LogP contribution in [-0.4, -0.2) is 41.1 Å². The highest BCUT2D eigenvalue weighted by Gasteiger charge is 2.39. The van der Waals surface area contributed by atoms with Crippen LogP contribution in [0.3, 0.4) is 0 Å². The Kier molecular flexibility index (Phi) is 4.11. The molecule has 0 aliphatic carbocycles. The van der Waals surface area contributed by atoms with Gasteiger partial charge in [0.15, 0.2) is 5.82 Å². The Morgan fingerprint density at radius 2 is 2.13 bits per heavy atom. The highest BCUT2D eigenvalue weighted by molar-refractivity contribution is 7.89. The highest BCUT2D eigenvalue weighted by atomic mass is 32.2. The molecule has 1 aliphatic heterocycles. The van der Waals surface area contributed by atoms with Gasteiger partial charge in [-0.15, -0.1) is 10.2 Å². The molecule has 1 aliphatic rings. The summed E-state index contributed by atoms with van der Waals surface area (Å²) in [7, 11) is -0.364. The number of rotatable bonds is 4. The van der Waals surface area contributed by atoms with Crippen LogP contribution in [0.15, 0.2) is 29.4 Å². The fourth-order valence-electron chi connectivity index (χ4n) is 2.99. The van der Waals surface area contributed by atoms with Gasteiger partial charge in [0.25, 0.3) is 0 Å². The Hall–Kier alpha value is -1.93. The van der Waals surface area contributed by atoms with Gasteiger partial charge in [-0.25, -0.2) is 8.42 Å². The van der Waals surface area contributed by atoms with Crippen molar-refractivity contribution in [3.63, 3.8) is 0 Å². The van der Waals surface area contributed by atoms with Gasteiger partial charge in [0.1, 0.15) is 17.0 Å². The average molecular weight is 336 g/mol. The van der Waals surface area contributed by atoms with E-state index >= 15 is 0 Å². The molecule has 1 fully saturated rings. The van der Waals surface area contributed by atoms with Crippen molar-refractivity contribution in [2.75, 3.05) is 13.7 Å². The summed E-state index contributed by atoms with van der Waals surface area (Å²) in [6.07, 6.45) is 3.12. The Bertz CT molecular complexity index is 816. The number of aryl methyl sites for hydroxylation is 2. The van der Waals surface area contributed by atoms with Crippen LogP contribution in [0.4, 0.5) is 0 Å². The fraction of sp³-hybridized carbons (Fsp3) is 0.467. The van der Waals surface area contributed by atoms with Crippen molar-refractivity contribution in [3.05, 3.63) is 35.9 Å². The van der Waals surface area contributed by atoms with Crippen molar-refractivity contribution in [2.24, 2.45) is 7.05 Å². The molecule has 0 bridgehead atoms. The minimum Gasteiger partial charge on any atom is -0.495 e. The molecule has 2 heterocycles. The first-order valence-corrected chi connectivity index (χ1v) is 8.89. The van der Waals surface area contributed by atoms with E-state index < -0.39 is 10.0 Å². The number of nitrogens with zero attached hydrogens (tertiary/aromatic N) is 4. The van der Waals surface area contributed by atoms with Crippen LogP contribution >= 0.6 is 0 Å². The molecule has 0 amide bonds. The molecule has 8 heteroatoms. The first-order valence-electron chi connectivity index (χ1n) is 7.45. The molecule has 0 radical (unpaired) electrons. The number of sulfonamides is 1. The minimum absolute atomic E-state index is 0.203. The number of aromatic nitrogens is 3. The second-order valence-electron chi connectivity index (χ2n) is 5.73. The summed E-state index contributed by atoms with van der Waals surface area (Å²) in [4.78, 5) is 0.203. The second kappa shape index (κ2) is 5.93. The van der Waals surface area contributed by atoms with E-state index in [1.54, 1.807) is 23.0 Å². The minimum atomic E-state index is -3.67. The molecule has 1 unspecified atom stereocenters. The Morgan fingerprint density at radius 3 is 2.78 bits per heavy atom. The number of benzene rings is 1. The summed E-state index contributed by atoms with van der Waals surface area (Å²) in [6, 6.07) is 4.88. The van der Waals surface area contributed by atoms with Crippen molar-refractivity contribution in [1.29, 1.82) is 0 Å². The quantitative estimate of drug-likeness (QED) is 0.848. The number of hydrogen-bond donors (Lipinski definition) is 0. The van der Waals surface area contributed by atoms with Crippen LogP contribution in [0.5, 0.6) is 5.75 Å². The first-order chi connectivity index (χ1) is 10.9. The summed E-state index contributed by atoms with van der Waals surface area (Å²) in [5.74, 6) is 1.02. The first kappa shape index (κ1) is 15.9. The van der Waals surface area contributed by atoms with E-state index in [-0.39, 0.29) is 10.9 Å². The predicted molar refractivity (Wildman–Crippen MR) is 84.6 cm³/mol. The van der Waals surface area contributed by atoms with Gasteiger partial charge in [-0.1, -0.05) is 6.07 Å². The molecule has 0 spiro atoms. The molecule has 124 valence electrons. The van der Waals surface area contributed by atoms with Crippen molar-refractivity contribution in [3.8, 4) is 5.75 Å². The summed E-state index contributed by atoms with van der Waals surface area (Å²) in [5.41, 5.74) is 0.874. The van der Waals surface area contributed by atoms with Crippen molar-refractivity contribution in [1.82, 2.24) is 19.1 Å². The molecule has 1 aromatic carbocycles. The third-order valence-corrected chi connectivity index (χ3v) is 6.08. The van der Waals surface area contributed by atoms with Crippen molar-refractivity contribution < 1.29 is 13.2 Å². The zero-order valence-corrected chi connectivity index (χ0v) is 14.2. The molecule has 1 atom stereocenters. The zero-order chi connectivity index (χ0) is 16.6. The Labute approximate surface area is 135 Å². The normalized spacial score (nSPS) is 19.2. The van der Waals surface area contributed by atoms with E-state index in [2.05, 4.69) is 10.2 Å². The fourth-order valence-corrected chi connectivity index (χ4v) is 4.89. The van der Waals surface area contributed by atoms with Gasteiger partial charge in [-0.2, -0.15) is 4.31 Å². The molecule has 0 saturated carbocycles. The molecule has 0 N–H and O–H groups in total. The third-order valence-electron chi connectivity index (χ3n) is 4.15. The molecule has 1 saturated heterocycles. The average Bonchev–Trinajstić information content (AvgIpc) is 3.15. The lowest BCUT2D eigenvalue weighted by molar-refractivity contribution is 0.368. The van der Waals surface area contributed by atoms with Crippen LogP contribution in [-0.2, 0) is 17.1 Å². The van der Waals surface area contributed by atoms with Crippen LogP contribution in [0.1, 0.15) is 30.3 Å². The van der Waals surface area contributed by atoms with Crippen molar-refractivity contribution >= 4 is 10.0 Å². The molecule has 2 aromatic rings.